The molecule has 0 atom stereocenters. The maximum atomic E-state index is 14.1. The third kappa shape index (κ3) is 3.96. The molecule has 0 bridgehead atoms. The van der Waals surface area contributed by atoms with Crippen LogP contribution in [0.3, 0.4) is 0 Å². The van der Waals surface area contributed by atoms with Gasteiger partial charge in [-0.05, 0) is 44.5 Å². The van der Waals surface area contributed by atoms with Crippen molar-refractivity contribution >= 4 is 32.7 Å². The van der Waals surface area contributed by atoms with Gasteiger partial charge in [0.15, 0.2) is 0 Å². The monoisotopic (exact) mass is 416 g/mol. The Kier molecular flexibility index (Phi) is 5.38. The van der Waals surface area contributed by atoms with E-state index in [1.807, 2.05) is 0 Å². The summed E-state index contributed by atoms with van der Waals surface area (Å²) in [5.74, 6) is -1.22. The first-order valence-electron chi connectivity index (χ1n) is 8.79. The maximum absolute atomic E-state index is 14.1. The first kappa shape index (κ1) is 20.8. The van der Waals surface area contributed by atoms with E-state index in [-0.39, 0.29) is 27.2 Å². The standard InChI is InChI=1S/C20H21FN4O3S/c1-11-6-7-15(10-18(11)29(27,28)25(4)5)24-20(26)16-8-14(21)9-17-19(16)23-13(3)12(2)22-17/h6-10H,1-5H3,(H,24,26). The Hall–Kier alpha value is -2.91. The summed E-state index contributed by atoms with van der Waals surface area (Å²) in [5, 5.41) is 2.63. The average molecular weight is 416 g/mol. The summed E-state index contributed by atoms with van der Waals surface area (Å²) in [6.07, 6.45) is 0. The summed E-state index contributed by atoms with van der Waals surface area (Å²) in [6.45, 7) is 5.18. The normalized spacial score (nSPS) is 11.8. The third-order valence-electron chi connectivity index (χ3n) is 4.60. The minimum Gasteiger partial charge on any atom is -0.322 e. The number of anilines is 1. The van der Waals surface area contributed by atoms with Gasteiger partial charge in [-0.25, -0.2) is 27.1 Å². The first-order chi connectivity index (χ1) is 13.5. The zero-order chi connectivity index (χ0) is 21.5. The summed E-state index contributed by atoms with van der Waals surface area (Å²) >= 11 is 0. The van der Waals surface area contributed by atoms with Gasteiger partial charge in [-0.15, -0.1) is 0 Å². The van der Waals surface area contributed by atoms with Gasteiger partial charge in [0.1, 0.15) is 11.3 Å². The SMILES string of the molecule is Cc1ccc(NC(=O)c2cc(F)cc3nc(C)c(C)nc23)cc1S(=O)(=O)N(C)C. The number of sulfonamides is 1. The largest absolute Gasteiger partial charge is 0.322 e. The molecule has 0 aliphatic carbocycles. The molecule has 0 aliphatic rings. The molecule has 0 saturated carbocycles. The van der Waals surface area contributed by atoms with E-state index >= 15 is 0 Å². The molecule has 3 aromatic rings. The van der Waals surface area contributed by atoms with E-state index in [4.69, 9.17) is 0 Å². The van der Waals surface area contributed by atoms with E-state index in [1.54, 1.807) is 32.9 Å². The number of benzene rings is 2. The van der Waals surface area contributed by atoms with Gasteiger partial charge in [0.25, 0.3) is 5.91 Å². The number of halogens is 1. The van der Waals surface area contributed by atoms with Crippen molar-refractivity contribution in [2.45, 2.75) is 25.7 Å². The molecule has 0 saturated heterocycles. The predicted molar refractivity (Wildman–Crippen MR) is 109 cm³/mol. The Morgan fingerprint density at radius 3 is 2.34 bits per heavy atom. The second-order valence-corrected chi connectivity index (χ2v) is 9.06. The lowest BCUT2D eigenvalue weighted by molar-refractivity contribution is 0.102. The highest BCUT2D eigenvalue weighted by molar-refractivity contribution is 7.89. The van der Waals surface area contributed by atoms with E-state index in [2.05, 4.69) is 15.3 Å². The highest BCUT2D eigenvalue weighted by Gasteiger charge is 2.21. The number of aryl methyl sites for hydroxylation is 3. The summed E-state index contributed by atoms with van der Waals surface area (Å²) in [7, 11) is -0.818. The lowest BCUT2D eigenvalue weighted by atomic mass is 10.1. The minimum atomic E-state index is -3.68. The number of hydrogen-bond acceptors (Lipinski definition) is 5. The Balaban J connectivity index is 2.05. The highest BCUT2D eigenvalue weighted by Crippen LogP contribution is 2.24. The summed E-state index contributed by atoms with van der Waals surface area (Å²) in [4.78, 5) is 21.6. The Bertz CT molecular complexity index is 1240. The molecule has 0 spiro atoms. The molecule has 1 N–H and O–H groups in total. The number of amides is 1. The van der Waals surface area contributed by atoms with Crippen LogP contribution in [0.1, 0.15) is 27.3 Å². The van der Waals surface area contributed by atoms with E-state index in [9.17, 15) is 17.6 Å². The lowest BCUT2D eigenvalue weighted by Crippen LogP contribution is -2.23. The van der Waals surface area contributed by atoms with Crippen molar-refractivity contribution in [3.8, 4) is 0 Å². The second kappa shape index (κ2) is 7.49. The van der Waals surface area contributed by atoms with Crippen molar-refractivity contribution in [1.82, 2.24) is 14.3 Å². The lowest BCUT2D eigenvalue weighted by Gasteiger charge is -2.15. The maximum Gasteiger partial charge on any atom is 0.258 e. The molecular weight excluding hydrogens is 395 g/mol. The fraction of sp³-hybridized carbons (Fsp3) is 0.250. The van der Waals surface area contributed by atoms with E-state index in [1.165, 1.54) is 26.2 Å². The number of fused-ring (bicyclic) bond motifs is 1. The smallest absolute Gasteiger partial charge is 0.258 e. The molecule has 0 unspecified atom stereocenters. The first-order valence-corrected chi connectivity index (χ1v) is 10.2. The van der Waals surface area contributed by atoms with Gasteiger partial charge < -0.3 is 5.32 Å². The summed E-state index contributed by atoms with van der Waals surface area (Å²) in [5.41, 5.74) is 2.67. The van der Waals surface area contributed by atoms with E-state index in [0.29, 0.717) is 17.0 Å². The Morgan fingerprint density at radius 1 is 1.03 bits per heavy atom. The third-order valence-corrected chi connectivity index (χ3v) is 6.55. The molecule has 9 heteroatoms. The number of rotatable bonds is 4. The molecule has 1 heterocycles. The van der Waals surface area contributed by atoms with E-state index in [0.717, 1.165) is 10.4 Å². The van der Waals surface area contributed by atoms with E-state index < -0.39 is 21.7 Å². The number of carbonyl (C=O) groups is 1. The van der Waals surface area contributed by atoms with Crippen LogP contribution in [0.25, 0.3) is 11.0 Å². The van der Waals surface area contributed by atoms with Crippen molar-refractivity contribution in [3.05, 3.63) is 58.7 Å². The Morgan fingerprint density at radius 2 is 1.69 bits per heavy atom. The molecule has 7 nitrogen and oxygen atoms in total. The molecule has 0 radical (unpaired) electrons. The van der Waals surface area contributed by atoms with Gasteiger partial charge in [-0.3, -0.25) is 4.79 Å². The van der Waals surface area contributed by atoms with Gasteiger partial charge in [0, 0.05) is 25.8 Å². The molecule has 0 fully saturated rings. The number of nitrogens with one attached hydrogen (secondary N) is 1. The van der Waals surface area contributed by atoms with Crippen LogP contribution in [-0.2, 0) is 10.0 Å². The van der Waals surface area contributed by atoms with Crippen LogP contribution in [0, 0.1) is 26.6 Å². The molecule has 1 aromatic heterocycles. The number of aromatic nitrogens is 2. The van der Waals surface area contributed by atoms with Crippen LogP contribution < -0.4 is 5.32 Å². The molecule has 0 aliphatic heterocycles. The fourth-order valence-corrected chi connectivity index (χ4v) is 3.97. The highest BCUT2D eigenvalue weighted by atomic mass is 32.2. The van der Waals surface area contributed by atoms with Crippen LogP contribution >= 0.6 is 0 Å². The van der Waals surface area contributed by atoms with Gasteiger partial charge in [0.05, 0.1) is 27.4 Å². The topological polar surface area (TPSA) is 92.3 Å². The molecule has 29 heavy (non-hydrogen) atoms. The molecule has 3 rings (SSSR count). The van der Waals surface area contributed by atoms with Gasteiger partial charge in [-0.2, -0.15) is 0 Å². The molecular formula is C20H21FN4O3S. The number of carbonyl (C=O) groups excluding carboxylic acids is 1. The van der Waals surface area contributed by atoms with Gasteiger partial charge in [0.2, 0.25) is 10.0 Å². The van der Waals surface area contributed by atoms with Crippen LogP contribution in [0.15, 0.2) is 35.2 Å². The molecule has 152 valence electrons. The van der Waals surface area contributed by atoms with Gasteiger partial charge in [-0.1, -0.05) is 6.07 Å². The number of nitrogens with zero attached hydrogens (tertiary/aromatic N) is 3. The average Bonchev–Trinajstić information content (AvgIpc) is 2.63. The second-order valence-electron chi connectivity index (χ2n) is 6.94. The summed E-state index contributed by atoms with van der Waals surface area (Å²) in [6, 6.07) is 6.88. The van der Waals surface area contributed by atoms with Crippen LogP contribution in [-0.4, -0.2) is 42.7 Å². The van der Waals surface area contributed by atoms with Crippen molar-refractivity contribution in [1.29, 1.82) is 0 Å². The van der Waals surface area contributed by atoms with Crippen LogP contribution in [0.4, 0.5) is 10.1 Å². The number of hydrogen-bond donors (Lipinski definition) is 1. The summed E-state index contributed by atoms with van der Waals surface area (Å²) < 4.78 is 40.1. The van der Waals surface area contributed by atoms with Crippen molar-refractivity contribution in [2.24, 2.45) is 0 Å². The zero-order valence-electron chi connectivity index (χ0n) is 16.7. The fourth-order valence-electron chi connectivity index (χ4n) is 2.82. The quantitative estimate of drug-likeness (QED) is 0.705. The van der Waals surface area contributed by atoms with Crippen LogP contribution in [0.5, 0.6) is 0 Å². The predicted octanol–water partition coefficient (Wildman–Crippen LogP) is 3.20. The van der Waals surface area contributed by atoms with Crippen LogP contribution in [0.2, 0.25) is 0 Å². The van der Waals surface area contributed by atoms with Crippen molar-refractivity contribution in [2.75, 3.05) is 19.4 Å². The molecule has 1 amide bonds. The minimum absolute atomic E-state index is 0.0215. The van der Waals surface area contributed by atoms with Gasteiger partial charge >= 0.3 is 0 Å². The van der Waals surface area contributed by atoms with Crippen molar-refractivity contribution in [3.63, 3.8) is 0 Å². The molecule has 2 aromatic carbocycles. The zero-order valence-corrected chi connectivity index (χ0v) is 17.6. The Labute approximate surface area is 168 Å². The van der Waals surface area contributed by atoms with Crippen molar-refractivity contribution < 1.29 is 17.6 Å².